The summed E-state index contributed by atoms with van der Waals surface area (Å²) in [5.74, 6) is 1.65. The molecule has 0 saturated heterocycles. The summed E-state index contributed by atoms with van der Waals surface area (Å²) < 4.78 is 0. The summed E-state index contributed by atoms with van der Waals surface area (Å²) in [4.78, 5) is 28.7. The molecule has 1 N–H and O–H groups in total. The molecule has 6 heteroatoms. The molecule has 2 aliphatic rings. The summed E-state index contributed by atoms with van der Waals surface area (Å²) in [5, 5.41) is 0. The van der Waals surface area contributed by atoms with E-state index in [0.29, 0.717) is 18.5 Å². The Bertz CT molecular complexity index is 1130. The maximum atomic E-state index is 13.2. The lowest BCUT2D eigenvalue weighted by Gasteiger charge is -2.24. The predicted octanol–water partition coefficient (Wildman–Crippen LogP) is 5.23. The predicted molar refractivity (Wildman–Crippen MR) is 121 cm³/mol. The van der Waals surface area contributed by atoms with Crippen molar-refractivity contribution in [1.29, 1.82) is 0 Å². The zero-order valence-corrected chi connectivity index (χ0v) is 18.6. The molecule has 1 fully saturated rings. The van der Waals surface area contributed by atoms with E-state index in [1.165, 1.54) is 12.8 Å². The number of fused-ring (bicyclic) bond motifs is 1. The van der Waals surface area contributed by atoms with E-state index in [9.17, 15) is 4.79 Å². The van der Waals surface area contributed by atoms with Gasteiger partial charge in [-0.1, -0.05) is 0 Å². The number of carbonyl (C=O) groups is 1. The third kappa shape index (κ3) is 3.23. The van der Waals surface area contributed by atoms with Crippen LogP contribution < -0.4 is 0 Å². The zero-order chi connectivity index (χ0) is 21.0. The molecule has 5 nitrogen and oxygen atoms in total. The number of thioether (sulfide) groups is 1. The van der Waals surface area contributed by atoms with Gasteiger partial charge < -0.3 is 9.88 Å². The van der Waals surface area contributed by atoms with Crippen molar-refractivity contribution in [3.05, 3.63) is 53.0 Å². The smallest absolute Gasteiger partial charge is 0.255 e. The summed E-state index contributed by atoms with van der Waals surface area (Å²) in [7, 11) is 0. The largest absolute Gasteiger partial charge is 0.341 e. The first kappa shape index (κ1) is 19.4. The summed E-state index contributed by atoms with van der Waals surface area (Å²) >= 11 is 1.65. The fraction of sp³-hybridized carbons (Fsp3) is 0.375. The molecule has 1 aliphatic heterocycles. The van der Waals surface area contributed by atoms with Crippen LogP contribution in [0.5, 0.6) is 0 Å². The highest BCUT2D eigenvalue weighted by molar-refractivity contribution is 7.98. The van der Waals surface area contributed by atoms with Crippen molar-refractivity contribution >= 4 is 17.7 Å². The second-order valence-corrected chi connectivity index (χ2v) is 9.30. The fourth-order valence-electron chi connectivity index (χ4n) is 4.34. The number of aryl methyl sites for hydroxylation is 2. The van der Waals surface area contributed by atoms with Crippen molar-refractivity contribution in [1.82, 2.24) is 19.9 Å². The van der Waals surface area contributed by atoms with E-state index in [1.54, 1.807) is 11.8 Å². The molecule has 3 heterocycles. The van der Waals surface area contributed by atoms with Crippen LogP contribution in [0.1, 0.15) is 47.1 Å². The maximum absolute atomic E-state index is 13.2. The fourth-order valence-corrected chi connectivity index (χ4v) is 5.01. The van der Waals surface area contributed by atoms with Gasteiger partial charge in [-0.15, -0.1) is 11.8 Å². The molecule has 1 atom stereocenters. The van der Waals surface area contributed by atoms with Gasteiger partial charge in [0, 0.05) is 29.4 Å². The molecular weight excluding hydrogens is 392 g/mol. The van der Waals surface area contributed by atoms with E-state index in [2.05, 4.69) is 45.0 Å². The van der Waals surface area contributed by atoms with E-state index in [4.69, 9.17) is 0 Å². The van der Waals surface area contributed by atoms with Crippen molar-refractivity contribution in [3.63, 3.8) is 0 Å². The monoisotopic (exact) mass is 418 g/mol. The van der Waals surface area contributed by atoms with Crippen LogP contribution >= 0.6 is 11.8 Å². The second-order valence-electron chi connectivity index (χ2n) is 8.45. The number of aromatic nitrogens is 3. The minimum absolute atomic E-state index is 0.192. The molecule has 3 aromatic rings. The quantitative estimate of drug-likeness (QED) is 0.576. The average Bonchev–Trinajstić information content (AvgIpc) is 3.48. The van der Waals surface area contributed by atoms with Gasteiger partial charge in [-0.25, -0.2) is 4.98 Å². The van der Waals surface area contributed by atoms with Crippen LogP contribution in [-0.2, 0) is 6.54 Å². The van der Waals surface area contributed by atoms with Gasteiger partial charge in [0.05, 0.1) is 11.3 Å². The SMILES string of the molecule is CSc1cc(-c2ccnc(-c3nc(C)c(C)[nH]3)c2)cc2c1C(=O)N(C(C)C1CC1)C2. The van der Waals surface area contributed by atoms with Crippen LogP contribution in [0.2, 0.25) is 0 Å². The number of imidazole rings is 1. The molecule has 1 aromatic carbocycles. The molecule has 154 valence electrons. The summed E-state index contributed by atoms with van der Waals surface area (Å²) in [6, 6.07) is 8.75. The van der Waals surface area contributed by atoms with Gasteiger partial charge >= 0.3 is 0 Å². The van der Waals surface area contributed by atoms with Crippen molar-refractivity contribution in [2.24, 2.45) is 5.92 Å². The van der Waals surface area contributed by atoms with Crippen molar-refractivity contribution < 1.29 is 4.79 Å². The third-order valence-electron chi connectivity index (χ3n) is 6.48. The highest BCUT2D eigenvalue weighted by Crippen LogP contribution is 2.41. The number of benzene rings is 1. The van der Waals surface area contributed by atoms with E-state index < -0.39 is 0 Å². The topological polar surface area (TPSA) is 61.9 Å². The third-order valence-corrected chi connectivity index (χ3v) is 7.24. The number of aromatic amines is 1. The molecule has 0 radical (unpaired) electrons. The van der Waals surface area contributed by atoms with Crippen LogP contribution in [0.3, 0.4) is 0 Å². The molecule has 1 unspecified atom stereocenters. The van der Waals surface area contributed by atoms with Crippen LogP contribution in [0.25, 0.3) is 22.6 Å². The van der Waals surface area contributed by atoms with Gasteiger partial charge in [-0.3, -0.25) is 9.78 Å². The van der Waals surface area contributed by atoms with Gasteiger partial charge in [0.2, 0.25) is 0 Å². The minimum Gasteiger partial charge on any atom is -0.341 e. The van der Waals surface area contributed by atoms with E-state index >= 15 is 0 Å². The normalized spacial score (nSPS) is 16.8. The number of carbonyl (C=O) groups excluding carboxylic acids is 1. The summed E-state index contributed by atoms with van der Waals surface area (Å²) in [6.07, 6.45) is 6.36. The van der Waals surface area contributed by atoms with Crippen LogP contribution in [0, 0.1) is 19.8 Å². The first-order chi connectivity index (χ1) is 14.5. The van der Waals surface area contributed by atoms with Crippen molar-refractivity contribution in [2.75, 3.05) is 6.26 Å². The molecule has 1 saturated carbocycles. The molecule has 30 heavy (non-hydrogen) atoms. The number of hydrogen-bond acceptors (Lipinski definition) is 4. The molecular formula is C24H26N4OS. The Morgan fingerprint density at radius 3 is 2.67 bits per heavy atom. The summed E-state index contributed by atoms with van der Waals surface area (Å²) in [6.45, 7) is 6.92. The summed E-state index contributed by atoms with van der Waals surface area (Å²) in [5.41, 5.74) is 7.12. The Morgan fingerprint density at radius 1 is 1.20 bits per heavy atom. The van der Waals surface area contributed by atoms with E-state index in [0.717, 1.165) is 50.1 Å². The highest BCUT2D eigenvalue weighted by atomic mass is 32.2. The lowest BCUT2D eigenvalue weighted by atomic mass is 10.0. The number of rotatable bonds is 5. The maximum Gasteiger partial charge on any atom is 0.255 e. The van der Waals surface area contributed by atoms with Crippen LogP contribution in [0.4, 0.5) is 0 Å². The van der Waals surface area contributed by atoms with Crippen LogP contribution in [0.15, 0.2) is 35.4 Å². The van der Waals surface area contributed by atoms with Gasteiger partial charge in [-0.05, 0) is 86.7 Å². The standard InChI is InChI=1S/C24H26N4OS/c1-13-14(2)27-23(26-13)20-10-17(7-8-25-20)18-9-19-12-28(15(3)16-5-6-16)24(29)22(19)21(11-18)30-4/h7-11,15-16H,5-6,12H2,1-4H3,(H,26,27). The highest BCUT2D eigenvalue weighted by Gasteiger charge is 2.39. The van der Waals surface area contributed by atoms with Gasteiger partial charge in [-0.2, -0.15) is 0 Å². The lowest BCUT2D eigenvalue weighted by molar-refractivity contribution is 0.0695. The Kier molecular flexibility index (Phi) is 4.69. The Hall–Kier alpha value is -2.60. The number of nitrogens with zero attached hydrogens (tertiary/aromatic N) is 3. The molecule has 1 amide bonds. The number of amides is 1. The van der Waals surface area contributed by atoms with E-state index in [-0.39, 0.29) is 5.91 Å². The minimum atomic E-state index is 0.192. The van der Waals surface area contributed by atoms with Crippen molar-refractivity contribution in [3.8, 4) is 22.6 Å². The van der Waals surface area contributed by atoms with E-state index in [1.807, 2.05) is 32.4 Å². The first-order valence-electron chi connectivity index (χ1n) is 10.5. The molecule has 5 rings (SSSR count). The molecule has 1 aliphatic carbocycles. The first-order valence-corrected chi connectivity index (χ1v) is 11.7. The number of H-pyrrole nitrogens is 1. The zero-order valence-electron chi connectivity index (χ0n) is 17.8. The average molecular weight is 419 g/mol. The van der Waals surface area contributed by atoms with Gasteiger partial charge in [0.15, 0.2) is 5.82 Å². The molecule has 0 bridgehead atoms. The Morgan fingerprint density at radius 2 is 2.00 bits per heavy atom. The molecule has 2 aromatic heterocycles. The van der Waals surface area contributed by atoms with Crippen LogP contribution in [-0.4, -0.2) is 38.1 Å². The lowest BCUT2D eigenvalue weighted by Crippen LogP contribution is -2.34. The van der Waals surface area contributed by atoms with Crippen molar-refractivity contribution in [2.45, 2.75) is 51.1 Å². The molecule has 0 spiro atoms. The Balaban J connectivity index is 1.53. The number of hydrogen-bond donors (Lipinski definition) is 1. The van der Waals surface area contributed by atoms with Gasteiger partial charge in [0.1, 0.15) is 5.69 Å². The van der Waals surface area contributed by atoms with Gasteiger partial charge in [0.25, 0.3) is 5.91 Å². The number of pyridine rings is 1. The second kappa shape index (κ2) is 7.27. The Labute approximate surface area is 181 Å². The number of nitrogens with one attached hydrogen (secondary N) is 1.